The number of halogens is 2. The van der Waals surface area contributed by atoms with Crippen molar-refractivity contribution in [2.45, 2.75) is 6.10 Å². The summed E-state index contributed by atoms with van der Waals surface area (Å²) in [7, 11) is 0. The van der Waals surface area contributed by atoms with E-state index in [1.165, 1.54) is 0 Å². The van der Waals surface area contributed by atoms with Crippen LogP contribution < -0.4 is 4.74 Å². The van der Waals surface area contributed by atoms with Crippen LogP contribution in [0, 0.1) is 0 Å². The van der Waals surface area contributed by atoms with Gasteiger partial charge in [-0.2, -0.15) is 0 Å². The lowest BCUT2D eigenvalue weighted by molar-refractivity contribution is 0.00467. The average molecular weight is 306 g/mol. The Morgan fingerprint density at radius 3 is 2.74 bits per heavy atom. The lowest BCUT2D eigenvalue weighted by Crippen LogP contribution is -2.42. The van der Waals surface area contributed by atoms with Crippen LogP contribution in [0.15, 0.2) is 18.2 Å². The Bertz CT molecular complexity index is 411. The van der Waals surface area contributed by atoms with Gasteiger partial charge in [-0.1, -0.05) is 23.2 Å². The molecule has 0 unspecified atom stereocenters. The molecule has 1 heterocycles. The smallest absolute Gasteiger partial charge is 0.138 e. The third-order valence-electron chi connectivity index (χ3n) is 2.90. The van der Waals surface area contributed by atoms with Gasteiger partial charge in [0, 0.05) is 24.7 Å². The van der Waals surface area contributed by atoms with Gasteiger partial charge in [0.15, 0.2) is 0 Å². The summed E-state index contributed by atoms with van der Waals surface area (Å²) in [6.07, 6.45) is -0.551. The summed E-state index contributed by atoms with van der Waals surface area (Å²) in [6, 6.07) is 5.02. The zero-order valence-electron chi connectivity index (χ0n) is 10.5. The lowest BCUT2D eigenvalue weighted by atomic mass is 10.3. The van der Waals surface area contributed by atoms with Crippen molar-refractivity contribution < 1.29 is 14.6 Å². The van der Waals surface area contributed by atoms with Crippen LogP contribution in [0.25, 0.3) is 0 Å². The fraction of sp³-hybridized carbons (Fsp3) is 0.538. The standard InChI is InChI=1S/C13H17Cl2NO3/c14-10-1-2-13(12(15)7-10)19-9-11(17)8-16-3-5-18-6-4-16/h1-2,7,11,17H,3-6,8-9H2/t11-/m1/s1. The Morgan fingerprint density at radius 1 is 1.32 bits per heavy atom. The minimum atomic E-state index is -0.551. The summed E-state index contributed by atoms with van der Waals surface area (Å²) in [5.74, 6) is 0.534. The van der Waals surface area contributed by atoms with Crippen molar-refractivity contribution in [1.29, 1.82) is 0 Å². The highest BCUT2D eigenvalue weighted by atomic mass is 35.5. The van der Waals surface area contributed by atoms with Gasteiger partial charge in [-0.05, 0) is 18.2 Å². The van der Waals surface area contributed by atoms with Crippen LogP contribution in [0.2, 0.25) is 10.0 Å². The predicted octanol–water partition coefficient (Wildman–Crippen LogP) is 2.07. The monoisotopic (exact) mass is 305 g/mol. The third kappa shape index (κ3) is 4.82. The lowest BCUT2D eigenvalue weighted by Gasteiger charge is -2.28. The van der Waals surface area contributed by atoms with Crippen molar-refractivity contribution in [2.75, 3.05) is 39.5 Å². The maximum Gasteiger partial charge on any atom is 0.138 e. The minimum Gasteiger partial charge on any atom is -0.489 e. The van der Waals surface area contributed by atoms with E-state index in [0.29, 0.717) is 22.3 Å². The summed E-state index contributed by atoms with van der Waals surface area (Å²) in [5, 5.41) is 10.9. The number of morpholine rings is 1. The summed E-state index contributed by atoms with van der Waals surface area (Å²) in [5.41, 5.74) is 0. The SMILES string of the molecule is O[C@@H](COc1ccc(Cl)cc1Cl)CN1CCOCC1. The van der Waals surface area contributed by atoms with Crippen LogP contribution in [0.5, 0.6) is 5.75 Å². The molecule has 1 saturated heterocycles. The molecule has 0 aliphatic carbocycles. The third-order valence-corrected chi connectivity index (χ3v) is 3.43. The molecule has 1 aliphatic rings. The Morgan fingerprint density at radius 2 is 2.05 bits per heavy atom. The number of nitrogens with zero attached hydrogens (tertiary/aromatic N) is 1. The molecule has 2 rings (SSSR count). The molecule has 6 heteroatoms. The zero-order valence-corrected chi connectivity index (χ0v) is 12.0. The topological polar surface area (TPSA) is 41.9 Å². The molecule has 0 radical (unpaired) electrons. The van der Waals surface area contributed by atoms with Crippen molar-refractivity contribution in [2.24, 2.45) is 0 Å². The highest BCUT2D eigenvalue weighted by molar-refractivity contribution is 6.35. The normalized spacial score (nSPS) is 18.3. The zero-order chi connectivity index (χ0) is 13.7. The van der Waals surface area contributed by atoms with Gasteiger partial charge in [-0.3, -0.25) is 4.90 Å². The maximum atomic E-state index is 9.93. The quantitative estimate of drug-likeness (QED) is 0.904. The number of ether oxygens (including phenoxy) is 2. The minimum absolute atomic E-state index is 0.207. The van der Waals surface area contributed by atoms with Crippen molar-refractivity contribution in [3.05, 3.63) is 28.2 Å². The molecule has 0 amide bonds. The van der Waals surface area contributed by atoms with E-state index in [9.17, 15) is 5.11 Å². The van der Waals surface area contributed by atoms with Crippen LogP contribution in [0.1, 0.15) is 0 Å². The molecule has 1 N–H and O–H groups in total. The molecule has 1 aliphatic heterocycles. The molecule has 0 bridgehead atoms. The number of aliphatic hydroxyl groups excluding tert-OH is 1. The molecular weight excluding hydrogens is 289 g/mol. The van der Waals surface area contributed by atoms with E-state index in [1.807, 2.05) is 0 Å². The molecule has 4 nitrogen and oxygen atoms in total. The van der Waals surface area contributed by atoms with Crippen LogP contribution in [-0.2, 0) is 4.74 Å². The van der Waals surface area contributed by atoms with E-state index < -0.39 is 6.10 Å². The van der Waals surface area contributed by atoms with Gasteiger partial charge in [-0.15, -0.1) is 0 Å². The van der Waals surface area contributed by atoms with E-state index >= 15 is 0 Å². The summed E-state index contributed by atoms with van der Waals surface area (Å²) < 4.78 is 10.7. The van der Waals surface area contributed by atoms with Crippen molar-refractivity contribution in [3.63, 3.8) is 0 Å². The molecule has 0 aromatic heterocycles. The second kappa shape index (κ2) is 7.31. The molecule has 19 heavy (non-hydrogen) atoms. The first kappa shape index (κ1) is 14.9. The first-order valence-electron chi connectivity index (χ1n) is 6.21. The Balaban J connectivity index is 1.77. The van der Waals surface area contributed by atoms with Gasteiger partial charge < -0.3 is 14.6 Å². The first-order valence-corrected chi connectivity index (χ1v) is 6.97. The van der Waals surface area contributed by atoms with Gasteiger partial charge in [0.1, 0.15) is 18.5 Å². The van der Waals surface area contributed by atoms with E-state index in [-0.39, 0.29) is 6.61 Å². The van der Waals surface area contributed by atoms with Gasteiger partial charge in [0.05, 0.1) is 18.2 Å². The van der Waals surface area contributed by atoms with Crippen LogP contribution in [0.4, 0.5) is 0 Å². The van der Waals surface area contributed by atoms with Gasteiger partial charge >= 0.3 is 0 Å². The number of aliphatic hydroxyl groups is 1. The number of hydrogen-bond acceptors (Lipinski definition) is 4. The molecule has 106 valence electrons. The fourth-order valence-corrected chi connectivity index (χ4v) is 2.38. The fourth-order valence-electron chi connectivity index (χ4n) is 1.91. The summed E-state index contributed by atoms with van der Waals surface area (Å²) >= 11 is 11.8. The highest BCUT2D eigenvalue weighted by Crippen LogP contribution is 2.27. The van der Waals surface area contributed by atoms with Crippen molar-refractivity contribution >= 4 is 23.2 Å². The molecule has 0 spiro atoms. The van der Waals surface area contributed by atoms with Crippen LogP contribution in [0.3, 0.4) is 0 Å². The predicted molar refractivity (Wildman–Crippen MR) is 75.2 cm³/mol. The summed E-state index contributed by atoms with van der Waals surface area (Å²) in [4.78, 5) is 2.15. The average Bonchev–Trinajstić information content (AvgIpc) is 2.39. The summed E-state index contributed by atoms with van der Waals surface area (Å²) in [6.45, 7) is 3.91. The molecule has 0 saturated carbocycles. The number of rotatable bonds is 5. The van der Waals surface area contributed by atoms with Gasteiger partial charge in [-0.25, -0.2) is 0 Å². The van der Waals surface area contributed by atoms with E-state index in [4.69, 9.17) is 32.7 Å². The first-order chi connectivity index (χ1) is 9.15. The van der Waals surface area contributed by atoms with Crippen molar-refractivity contribution in [1.82, 2.24) is 4.90 Å². The Hall–Kier alpha value is -0.520. The Labute approximate surface area is 122 Å². The van der Waals surface area contributed by atoms with E-state index in [2.05, 4.69) is 4.90 Å². The maximum absolute atomic E-state index is 9.93. The Kier molecular flexibility index (Phi) is 5.73. The van der Waals surface area contributed by atoms with Gasteiger partial charge in [0.2, 0.25) is 0 Å². The molecule has 1 atom stereocenters. The molecule has 1 aromatic carbocycles. The number of hydrogen-bond donors (Lipinski definition) is 1. The second-order valence-electron chi connectivity index (χ2n) is 4.45. The molecule has 1 fully saturated rings. The second-order valence-corrected chi connectivity index (χ2v) is 5.30. The van der Waals surface area contributed by atoms with Crippen LogP contribution in [-0.4, -0.2) is 55.6 Å². The van der Waals surface area contributed by atoms with Gasteiger partial charge in [0.25, 0.3) is 0 Å². The van der Waals surface area contributed by atoms with E-state index in [1.54, 1.807) is 18.2 Å². The van der Waals surface area contributed by atoms with Crippen molar-refractivity contribution in [3.8, 4) is 5.75 Å². The van der Waals surface area contributed by atoms with Crippen LogP contribution >= 0.6 is 23.2 Å². The largest absolute Gasteiger partial charge is 0.489 e. The number of benzene rings is 1. The highest BCUT2D eigenvalue weighted by Gasteiger charge is 2.15. The molecular formula is C13H17Cl2NO3. The van der Waals surface area contributed by atoms with E-state index in [0.717, 1.165) is 26.3 Å². The molecule has 1 aromatic rings. The number of β-amino-alcohol motifs (C(OH)–C–C–N with tert-alkyl or cyclic N) is 1.